The van der Waals surface area contributed by atoms with Gasteiger partial charge in [-0.15, -0.1) is 12.6 Å². The van der Waals surface area contributed by atoms with Gasteiger partial charge in [-0.25, -0.2) is 4.79 Å². The molecule has 0 spiro atoms. The fraction of sp³-hybridized carbons (Fsp3) is 0.571. The molecule has 1 fully saturated rings. The molecule has 2 unspecified atom stereocenters. The summed E-state index contributed by atoms with van der Waals surface area (Å²) in [7, 11) is 0.989. The average molecular weight is 488 g/mol. The van der Waals surface area contributed by atoms with E-state index in [4.69, 9.17) is 15.2 Å². The Morgan fingerprint density at radius 2 is 1.91 bits per heavy atom. The van der Waals surface area contributed by atoms with Crippen LogP contribution in [0.1, 0.15) is 32.6 Å². The van der Waals surface area contributed by atoms with Gasteiger partial charge in [0.1, 0.15) is 35.9 Å². The number of amides is 1. The van der Waals surface area contributed by atoms with Crippen LogP contribution >= 0.6 is 12.6 Å². The number of esters is 1. The van der Waals surface area contributed by atoms with Crippen molar-refractivity contribution < 1.29 is 45.7 Å². The summed E-state index contributed by atoms with van der Waals surface area (Å²) in [4.78, 5) is 34.1. The van der Waals surface area contributed by atoms with E-state index in [1.54, 1.807) is 6.07 Å². The number of aliphatic hydroxyl groups is 4. The number of nitrogens with two attached hydrogens (primary N) is 1. The number of carbonyl (C=O) groups is 3. The Balaban J connectivity index is 2.71. The Morgan fingerprint density at radius 3 is 2.42 bits per heavy atom. The number of carbonyl (C=O) groups excluding carboxylic acids is 3. The third-order valence-electron chi connectivity index (χ3n) is 5.36. The Kier molecular flexibility index (Phi) is 8.45. The van der Waals surface area contributed by atoms with Gasteiger partial charge in [0.2, 0.25) is 10.8 Å². The number of hydrogen-bond acceptors (Lipinski definition) is 11. The molecule has 184 valence electrons. The van der Waals surface area contributed by atoms with Crippen LogP contribution in [-0.2, 0) is 23.9 Å². The van der Waals surface area contributed by atoms with E-state index in [9.17, 15) is 36.2 Å². The summed E-state index contributed by atoms with van der Waals surface area (Å²) >= 11 is 4.25. The molecule has 1 aliphatic rings. The molecular formula is C21H30N2O9S. The van der Waals surface area contributed by atoms with Gasteiger partial charge in [-0.3, -0.25) is 4.79 Å². The first-order chi connectivity index (χ1) is 15.8. The summed E-state index contributed by atoms with van der Waals surface area (Å²) in [6.07, 6.45) is -8.60. The number of thiol groups is 1. The molecule has 0 bridgehead atoms. The summed E-state index contributed by atoms with van der Waals surface area (Å²) in [5.41, 5.74) is 3.88. The molecule has 1 aromatic carbocycles. The molecule has 1 amide bonds. The van der Waals surface area contributed by atoms with Gasteiger partial charge < -0.3 is 45.7 Å². The van der Waals surface area contributed by atoms with Gasteiger partial charge >= 0.3 is 5.97 Å². The smallest absolute Gasteiger partial charge is 0.349 e. The van der Waals surface area contributed by atoms with Crippen LogP contribution in [0.2, 0.25) is 0 Å². The number of aliphatic hydroxyl groups excluding tert-OH is 4. The molecule has 0 aliphatic carbocycles. The van der Waals surface area contributed by atoms with E-state index in [1.807, 2.05) is 0 Å². The predicted molar refractivity (Wildman–Crippen MR) is 118 cm³/mol. The number of ether oxygens (including phenoxy) is 2. The summed E-state index contributed by atoms with van der Waals surface area (Å²) in [6, 6.07) is 7.44. The molecule has 1 aromatic rings. The molecule has 0 saturated carbocycles. The molecule has 0 radical (unpaired) electrons. The fourth-order valence-electron chi connectivity index (χ4n) is 3.59. The van der Waals surface area contributed by atoms with E-state index < -0.39 is 59.4 Å². The van der Waals surface area contributed by atoms with Gasteiger partial charge in [0.15, 0.2) is 0 Å². The Hall–Kier alpha value is -2.06. The standard InChI is InChI=1S/C21H30N2O9S/c1-11(25)8-9-14(27)23-20(22)17(29)15(12-6-4-3-5-7-12)21(33,19(30)31-2)32-18(20)16(28)13(26)10-24/h3-7,13,15-18,24,26,28-29,33H,8-10,22H2,1-2H3,(H,23,27)/t13-,15?,16-,17+,18+,20+,21?/m1/s1/i15D. The maximum Gasteiger partial charge on any atom is 0.349 e. The Labute approximate surface area is 197 Å². The van der Waals surface area contributed by atoms with Crippen LogP contribution in [0, 0.1) is 0 Å². The van der Waals surface area contributed by atoms with Gasteiger partial charge in [-0.2, -0.15) is 0 Å². The second-order valence-electron chi connectivity index (χ2n) is 7.78. The zero-order valence-electron chi connectivity index (χ0n) is 19.2. The molecule has 1 saturated heterocycles. The van der Waals surface area contributed by atoms with Gasteiger partial charge in [-0.1, -0.05) is 30.3 Å². The summed E-state index contributed by atoms with van der Waals surface area (Å²) in [5, 5.41) is 43.8. The first kappa shape index (κ1) is 25.6. The van der Waals surface area contributed by atoms with E-state index in [0.29, 0.717) is 0 Å². The van der Waals surface area contributed by atoms with Crippen LogP contribution in [0.4, 0.5) is 0 Å². The normalized spacial score (nSPS) is 34.0. The van der Waals surface area contributed by atoms with E-state index in [0.717, 1.165) is 7.11 Å². The number of rotatable bonds is 9. The van der Waals surface area contributed by atoms with Crippen LogP contribution in [0.3, 0.4) is 0 Å². The van der Waals surface area contributed by atoms with Crippen LogP contribution in [0.25, 0.3) is 0 Å². The molecule has 1 heterocycles. The number of nitrogens with one attached hydrogen (secondary N) is 1. The molecule has 2 rings (SSSR count). The van der Waals surface area contributed by atoms with Crippen molar-refractivity contribution in [1.29, 1.82) is 0 Å². The number of hydrogen-bond donors (Lipinski definition) is 7. The number of methoxy groups -OCH3 is 1. The molecule has 1 aliphatic heterocycles. The summed E-state index contributed by atoms with van der Waals surface area (Å²) in [6.45, 7) is 0.304. The maximum atomic E-state index is 12.8. The van der Waals surface area contributed by atoms with Crippen molar-refractivity contribution >= 4 is 30.3 Å². The minimum absolute atomic E-state index is 0.00589. The lowest BCUT2D eigenvalue weighted by Crippen LogP contribution is -2.80. The zero-order valence-corrected chi connectivity index (χ0v) is 19.1. The van der Waals surface area contributed by atoms with Gasteiger partial charge in [0, 0.05) is 14.2 Å². The highest BCUT2D eigenvalue weighted by Gasteiger charge is 2.65. The molecule has 0 aromatic heterocycles. The highest BCUT2D eigenvalue weighted by Crippen LogP contribution is 2.48. The first-order valence-corrected chi connectivity index (χ1v) is 10.5. The molecule has 7 N–H and O–H groups in total. The van der Waals surface area contributed by atoms with E-state index in [1.165, 1.54) is 31.2 Å². The molecule has 11 nitrogen and oxygen atoms in total. The Morgan fingerprint density at radius 1 is 1.30 bits per heavy atom. The van der Waals surface area contributed by atoms with E-state index >= 15 is 0 Å². The first-order valence-electron chi connectivity index (χ1n) is 10.6. The lowest BCUT2D eigenvalue weighted by atomic mass is 9.74. The SMILES string of the molecule is [2H]C1(c2ccccc2)[C@H](O)[C@](N)(NC(=O)CCC(C)=O)[C@H]([C@H](O)[C@H](O)CO)OC1(S)C(=O)OC. The third kappa shape index (κ3) is 5.54. The predicted octanol–water partition coefficient (Wildman–Crippen LogP) is -1.82. The average Bonchev–Trinajstić information content (AvgIpc) is 2.82. The molecule has 12 heteroatoms. The lowest BCUT2D eigenvalue weighted by molar-refractivity contribution is -0.235. The van der Waals surface area contributed by atoms with Crippen molar-refractivity contribution in [2.45, 2.75) is 60.7 Å². The summed E-state index contributed by atoms with van der Waals surface area (Å²) in [5.74, 6) is -4.88. The molecule has 33 heavy (non-hydrogen) atoms. The second-order valence-corrected chi connectivity index (χ2v) is 8.41. The van der Waals surface area contributed by atoms with Crippen molar-refractivity contribution in [3.8, 4) is 0 Å². The highest BCUT2D eigenvalue weighted by atomic mass is 32.1. The number of benzene rings is 1. The number of ketones is 1. The van der Waals surface area contributed by atoms with Crippen molar-refractivity contribution in [1.82, 2.24) is 5.32 Å². The van der Waals surface area contributed by atoms with Crippen molar-refractivity contribution in [3.05, 3.63) is 35.9 Å². The quantitative estimate of drug-likeness (QED) is 0.119. The van der Waals surface area contributed by atoms with Crippen molar-refractivity contribution in [2.24, 2.45) is 5.73 Å². The largest absolute Gasteiger partial charge is 0.466 e. The second kappa shape index (κ2) is 10.9. The lowest BCUT2D eigenvalue weighted by Gasteiger charge is -2.55. The van der Waals surface area contributed by atoms with Crippen LogP contribution < -0.4 is 11.1 Å². The molecular weight excluding hydrogens is 456 g/mol. The highest BCUT2D eigenvalue weighted by molar-refractivity contribution is 7.82. The Bertz CT molecular complexity index is 909. The van der Waals surface area contributed by atoms with Crippen LogP contribution in [0.15, 0.2) is 30.3 Å². The minimum Gasteiger partial charge on any atom is -0.466 e. The van der Waals surface area contributed by atoms with Gasteiger partial charge in [-0.05, 0) is 12.5 Å². The van der Waals surface area contributed by atoms with Gasteiger partial charge in [0.25, 0.3) is 0 Å². The minimum atomic E-state index is -2.60. The maximum absolute atomic E-state index is 12.8. The topological polar surface area (TPSA) is 189 Å². The van der Waals surface area contributed by atoms with Crippen molar-refractivity contribution in [2.75, 3.05) is 13.7 Å². The monoisotopic (exact) mass is 487 g/mol. The van der Waals surface area contributed by atoms with E-state index in [2.05, 4.69) is 17.9 Å². The van der Waals surface area contributed by atoms with Crippen molar-refractivity contribution in [3.63, 3.8) is 0 Å². The fourth-order valence-corrected chi connectivity index (χ4v) is 4.04. The summed E-state index contributed by atoms with van der Waals surface area (Å²) < 4.78 is 19.6. The van der Waals surface area contributed by atoms with Crippen LogP contribution in [0.5, 0.6) is 0 Å². The number of Topliss-reactive ketones (excluding diaryl/α,β-unsaturated/α-hetero) is 1. The van der Waals surface area contributed by atoms with Gasteiger partial charge in [0.05, 0.1) is 19.6 Å². The van der Waals surface area contributed by atoms with Crippen LogP contribution in [-0.4, -0.2) is 86.8 Å². The third-order valence-corrected chi connectivity index (χ3v) is 5.89. The zero-order chi connectivity index (χ0) is 25.9. The molecule has 7 atom stereocenters. The van der Waals surface area contributed by atoms with E-state index in [-0.39, 0.29) is 24.2 Å².